The molecule has 0 bridgehead atoms. The van der Waals surface area contributed by atoms with Gasteiger partial charge in [-0.2, -0.15) is 5.26 Å². The summed E-state index contributed by atoms with van der Waals surface area (Å²) in [5.41, 5.74) is 10.9. The number of methoxy groups -OCH3 is 5. The van der Waals surface area contributed by atoms with Crippen LogP contribution in [-0.4, -0.2) is 110 Å². The van der Waals surface area contributed by atoms with Gasteiger partial charge in [0.05, 0.1) is 48.2 Å². The van der Waals surface area contributed by atoms with Gasteiger partial charge >= 0.3 is 69.3 Å². The number of nitriles is 1. The number of fused-ring (bicyclic) bond motifs is 1. The molecular weight excluding hydrogens is 1770 g/mol. The summed E-state index contributed by atoms with van der Waals surface area (Å²) in [5.74, 6) is 6.37. The van der Waals surface area contributed by atoms with Crippen LogP contribution in [0.2, 0.25) is 0 Å². The number of nitrogens with zero attached hydrogens (tertiary/aromatic N) is 1. The van der Waals surface area contributed by atoms with Gasteiger partial charge in [0, 0.05) is 44.4 Å². The van der Waals surface area contributed by atoms with Gasteiger partial charge in [0.2, 0.25) is 0 Å². The van der Waals surface area contributed by atoms with E-state index in [9.17, 15) is 48.7 Å². The van der Waals surface area contributed by atoms with E-state index >= 15 is 0 Å². The standard InChI is InChI=1S/C28H40O2.C20H24O3.C17H27NO3.C16H26O3.C15H24O3.C14H24O.CH3I.K.H2O/c1-19(2)8-7-9-21(4)25-14-15-26-24(27(29)16-17-28(25,26)5)13-11-22-18-23(30-6)12-10-20(22)3;1-16-11-12-20(22-2)15-17(16)7-6-8-18(21)13-14-23-19-9-4-3-5-10-19;1-12(2)7-6-8-13(3)14-9-10-17(20,11-18)16(14,4)15(19)21-5;1-11(2)7-6-8-12(3)13-9-10-14(17)16(13,4)15(18)19-5;1-10(2)6-5-7-11(3)12-8-9-13(16)14(12)15(17)18-4;1-10(2)6-5-7-11(3)13-8-9-14(15)12(13)4;1-2;;/h8,10,12,18,21,25H,7,9,11,13-17H2,1-6H3;3-5,9-12,15H,6-8,13-14H2,1-2H3;7,13-14,20H,6,8-10H2,1-5H3;7,12-13H,6,8-10H2,1-5H3;6,11-12,14H,5,7-9H2,1-4H3;6,11-13H,5,7-9H2,1-4H3;1H3;;1H2/q;;;;;;;+1;/p-1/t21-,25-,28-;;13-,14-,16-,17?;12-,13-,16+;11-,12-,14-;11-,12-,13-;;;/m1.1111.../s1. The van der Waals surface area contributed by atoms with Crippen LogP contribution in [0.4, 0.5) is 0 Å². The number of carbonyl (C=O) groups is 8. The number of benzene rings is 3. The fourth-order valence-electron chi connectivity index (χ4n) is 20.7. The predicted molar refractivity (Wildman–Crippen MR) is 533 cm³/mol. The molecule has 9 rings (SSSR count). The molecule has 130 heavy (non-hydrogen) atoms. The molecule has 1 unspecified atom stereocenters. The number of esters is 3. The maximum atomic E-state index is 12.9. The second-order valence-corrected chi connectivity index (χ2v) is 39.2. The zero-order valence-electron chi connectivity index (χ0n) is 85.6. The van der Waals surface area contributed by atoms with Crippen molar-refractivity contribution >= 4 is 69.4 Å². The molecule has 6 aliphatic carbocycles. The average molecular weight is 1940 g/mol. The average Bonchev–Trinajstić information content (AvgIpc) is 1.59. The number of hydrogen-bond acceptors (Lipinski definition) is 17. The van der Waals surface area contributed by atoms with Gasteiger partial charge in [0.25, 0.3) is 0 Å². The Morgan fingerprint density at radius 2 is 0.962 bits per heavy atom. The van der Waals surface area contributed by atoms with E-state index in [4.69, 9.17) is 28.4 Å². The Bertz CT molecular complexity index is 4260. The van der Waals surface area contributed by atoms with E-state index in [-0.39, 0.29) is 115 Å². The molecule has 0 radical (unpaired) electrons. The third kappa shape index (κ3) is 37.3. The largest absolute Gasteiger partial charge is 1.00 e. The Hall–Kier alpha value is -5.96. The molecule has 0 saturated heterocycles. The second kappa shape index (κ2) is 61.9. The van der Waals surface area contributed by atoms with Crippen molar-refractivity contribution in [2.75, 3.05) is 47.1 Å². The molecule has 5 fully saturated rings. The second-order valence-electron chi connectivity index (χ2n) is 39.2. The Morgan fingerprint density at radius 3 is 1.42 bits per heavy atom. The number of halogens is 1. The summed E-state index contributed by atoms with van der Waals surface area (Å²) in [6, 6.07) is 23.9. The molecule has 0 heterocycles. The van der Waals surface area contributed by atoms with Crippen molar-refractivity contribution in [3.05, 3.63) is 158 Å². The summed E-state index contributed by atoms with van der Waals surface area (Å²) in [6.07, 6.45) is 36.4. The van der Waals surface area contributed by atoms with Crippen molar-refractivity contribution in [2.24, 2.45) is 87.3 Å². The van der Waals surface area contributed by atoms with Crippen molar-refractivity contribution in [1.29, 1.82) is 5.26 Å². The van der Waals surface area contributed by atoms with Gasteiger partial charge < -0.3 is 39.0 Å². The van der Waals surface area contributed by atoms with Crippen LogP contribution >= 0.6 is 22.6 Å². The fourth-order valence-corrected chi connectivity index (χ4v) is 20.7. The minimum atomic E-state index is -1.63. The number of carbonyl (C=O) groups excluding carboxylic acids is 8. The number of allylic oxidation sites excluding steroid dienone is 12. The van der Waals surface area contributed by atoms with Crippen LogP contribution in [0.5, 0.6) is 17.2 Å². The quantitative estimate of drug-likeness (QED) is 0.00828. The zero-order valence-corrected chi connectivity index (χ0v) is 90.9. The van der Waals surface area contributed by atoms with E-state index in [1.165, 1.54) is 109 Å². The van der Waals surface area contributed by atoms with Crippen LogP contribution in [0.15, 0.2) is 136 Å². The minimum absolute atomic E-state index is 0. The molecule has 2 N–H and O–H groups in total. The molecule has 17 nitrogen and oxygen atoms in total. The molecule has 19 heteroatoms. The Morgan fingerprint density at radius 1 is 0.515 bits per heavy atom. The summed E-state index contributed by atoms with van der Waals surface area (Å²) in [4.78, 5) is 98.1. The van der Waals surface area contributed by atoms with Crippen LogP contribution < -0.4 is 65.6 Å². The molecule has 5 saturated carbocycles. The summed E-state index contributed by atoms with van der Waals surface area (Å²) in [7, 11) is 7.43. The van der Waals surface area contributed by atoms with Crippen molar-refractivity contribution < 1.29 is 129 Å². The van der Waals surface area contributed by atoms with E-state index in [0.717, 1.165) is 132 Å². The SMILES string of the molecule is CC(C)=CCC[C@@H](C)[C@H]1CCC(=O)[C@@H]1C.CI.COC(=O)[C@@]1(C)[C@@H]([C@H](C)CCC=C(C)C)CCC1(O)C#N.COC(=O)[C@H]1C(=O)CC[C@@H]1[C@H](C)CCC=C(C)C.COC(=O)[C@]1(C)C(=O)CC[C@@H]1[C@H](C)CCC=C(C)C.COc1ccc(C)c(CCC2=C3CC[C@H]([C@H](C)CCC=C(C)C)[C@@]3(C)CCC2=O)c1.COc1ccc(C)c(CCCC(=O)CCOc2ccccc2)c1.[K+].[OH-]. The molecule has 6 aliphatic rings. The van der Waals surface area contributed by atoms with Gasteiger partial charge in [-0.25, -0.2) is 0 Å². The first-order chi connectivity index (χ1) is 60.5. The zero-order chi connectivity index (χ0) is 96.4. The summed E-state index contributed by atoms with van der Waals surface area (Å²) in [6.45, 7) is 44.9. The van der Waals surface area contributed by atoms with Gasteiger partial charge in [0.15, 0.2) is 11.4 Å². The summed E-state index contributed by atoms with van der Waals surface area (Å²) >= 11 is 2.15. The van der Waals surface area contributed by atoms with Crippen molar-refractivity contribution in [1.82, 2.24) is 0 Å². The Labute approximate surface area is 842 Å². The molecule has 0 amide bonds. The van der Waals surface area contributed by atoms with Crippen molar-refractivity contribution in [2.45, 2.75) is 331 Å². The maximum Gasteiger partial charge on any atom is 1.00 e. The number of Topliss-reactive ketones (excluding diaryl/α,β-unsaturated/α-hetero) is 5. The van der Waals surface area contributed by atoms with Crippen LogP contribution in [0.3, 0.4) is 0 Å². The number of para-hydroxylation sites is 1. The van der Waals surface area contributed by atoms with Crippen LogP contribution in [0.1, 0.15) is 321 Å². The Kier molecular flexibility index (Phi) is 58.1. The minimum Gasteiger partial charge on any atom is -0.870 e. The molecule has 0 aromatic heterocycles. The third-order valence-corrected chi connectivity index (χ3v) is 28.9. The van der Waals surface area contributed by atoms with E-state index in [0.29, 0.717) is 98.1 Å². The van der Waals surface area contributed by atoms with Gasteiger partial charge in [-0.05, 0) is 372 Å². The number of ketones is 5. The maximum absolute atomic E-state index is 12.9. The summed E-state index contributed by atoms with van der Waals surface area (Å²) in [5, 5.41) is 19.9. The molecule has 722 valence electrons. The van der Waals surface area contributed by atoms with E-state index in [2.05, 4.69) is 209 Å². The van der Waals surface area contributed by atoms with Crippen LogP contribution in [-0.2, 0) is 65.4 Å². The number of hydrogen-bond donors (Lipinski definition) is 1. The van der Waals surface area contributed by atoms with E-state index < -0.39 is 28.3 Å². The van der Waals surface area contributed by atoms with Crippen molar-refractivity contribution in [3.8, 4) is 23.3 Å². The van der Waals surface area contributed by atoms with E-state index in [1.54, 1.807) is 28.1 Å². The number of rotatable bonds is 36. The molecule has 0 aliphatic heterocycles. The third-order valence-electron chi connectivity index (χ3n) is 28.9. The smallest absolute Gasteiger partial charge is 0.870 e. The molecule has 0 spiro atoms. The molecule has 3 aromatic rings. The first kappa shape index (κ1) is 122. The van der Waals surface area contributed by atoms with Gasteiger partial charge in [-0.15, -0.1) is 0 Å². The number of ether oxygens (including phenoxy) is 6. The molecule has 16 atom stereocenters. The van der Waals surface area contributed by atoms with Crippen LogP contribution in [0, 0.1) is 112 Å². The fraction of sp³-hybridized carbons (Fsp3) is 0.649. The normalized spacial score (nSPS) is 23.6. The van der Waals surface area contributed by atoms with Gasteiger partial charge in [-0.3, -0.25) is 38.4 Å². The Balaban J connectivity index is 0.000000785. The predicted octanol–water partition coefficient (Wildman–Crippen LogP) is 23.5. The summed E-state index contributed by atoms with van der Waals surface area (Å²) < 4.78 is 30.7. The first-order valence-corrected chi connectivity index (χ1v) is 49.9. The number of aliphatic hydroxyl groups is 1. The molecule has 3 aromatic carbocycles. The number of aryl methyl sites for hydroxylation is 4. The van der Waals surface area contributed by atoms with E-state index in [1.807, 2.05) is 53.5 Å². The van der Waals surface area contributed by atoms with Gasteiger partial charge in [-0.1, -0.05) is 165 Å². The van der Waals surface area contributed by atoms with Crippen molar-refractivity contribution in [3.63, 3.8) is 0 Å². The van der Waals surface area contributed by atoms with Gasteiger partial charge in [0.1, 0.15) is 57.1 Å². The van der Waals surface area contributed by atoms with Crippen LogP contribution in [0.25, 0.3) is 0 Å². The number of alkyl halides is 1. The topological polar surface area (TPSA) is 266 Å². The monoisotopic (exact) mass is 1940 g/mol. The molecular formula is C111H169IKNO16. The first-order valence-electron chi connectivity index (χ1n) is 47.7.